The van der Waals surface area contributed by atoms with Crippen molar-refractivity contribution in [2.24, 2.45) is 5.41 Å². The molecule has 4 nitrogen and oxygen atoms in total. The van der Waals surface area contributed by atoms with Gasteiger partial charge in [0, 0.05) is 36.2 Å². The van der Waals surface area contributed by atoms with E-state index in [9.17, 15) is 0 Å². The number of anilines is 1. The summed E-state index contributed by atoms with van der Waals surface area (Å²) >= 11 is 0. The third kappa shape index (κ3) is 2.31. The molecular formula is C18H23N3O. The number of aromatic nitrogens is 2. The maximum Gasteiger partial charge on any atom is 0.128 e. The van der Waals surface area contributed by atoms with Gasteiger partial charge in [-0.25, -0.2) is 4.98 Å². The number of aryl methyl sites for hydroxylation is 2. The first-order chi connectivity index (χ1) is 10.7. The van der Waals surface area contributed by atoms with E-state index in [0.29, 0.717) is 5.41 Å². The second-order valence-electron chi connectivity index (χ2n) is 6.80. The zero-order valence-electron chi connectivity index (χ0n) is 13.4. The molecule has 1 saturated heterocycles. The van der Waals surface area contributed by atoms with Crippen molar-refractivity contribution in [1.82, 2.24) is 10.1 Å². The van der Waals surface area contributed by atoms with Crippen molar-refractivity contribution in [3.63, 3.8) is 0 Å². The smallest absolute Gasteiger partial charge is 0.128 e. The molecule has 22 heavy (non-hydrogen) atoms. The van der Waals surface area contributed by atoms with Crippen LogP contribution in [0.5, 0.6) is 0 Å². The Kier molecular flexibility index (Phi) is 3.21. The van der Waals surface area contributed by atoms with Crippen LogP contribution in [-0.2, 0) is 19.3 Å². The molecule has 1 saturated carbocycles. The van der Waals surface area contributed by atoms with E-state index >= 15 is 0 Å². The van der Waals surface area contributed by atoms with E-state index in [1.165, 1.54) is 42.8 Å². The minimum atomic E-state index is 0.670. The lowest BCUT2D eigenvalue weighted by Crippen LogP contribution is -2.48. The Balaban J connectivity index is 1.55. The van der Waals surface area contributed by atoms with Crippen LogP contribution in [0.2, 0.25) is 0 Å². The quantitative estimate of drug-likeness (QED) is 0.848. The highest BCUT2D eigenvalue weighted by Crippen LogP contribution is 2.53. The highest BCUT2D eigenvalue weighted by Gasteiger charge is 2.52. The monoisotopic (exact) mass is 297 g/mol. The molecule has 1 spiro atoms. The maximum absolute atomic E-state index is 5.12. The molecule has 0 radical (unpaired) electrons. The van der Waals surface area contributed by atoms with Crippen LogP contribution < -0.4 is 4.90 Å². The average molecular weight is 297 g/mol. The van der Waals surface area contributed by atoms with Crippen LogP contribution in [0.1, 0.15) is 49.2 Å². The molecular weight excluding hydrogens is 274 g/mol. The van der Waals surface area contributed by atoms with Gasteiger partial charge in [0.2, 0.25) is 0 Å². The predicted octanol–water partition coefficient (Wildman–Crippen LogP) is 3.39. The third-order valence-corrected chi connectivity index (χ3v) is 5.19. The van der Waals surface area contributed by atoms with Crippen LogP contribution in [0.15, 0.2) is 22.9 Å². The van der Waals surface area contributed by atoms with Gasteiger partial charge in [-0.15, -0.1) is 0 Å². The Bertz CT molecular complexity index is 679. The summed E-state index contributed by atoms with van der Waals surface area (Å²) in [6.45, 7) is 6.71. The predicted molar refractivity (Wildman–Crippen MR) is 86.2 cm³/mol. The van der Waals surface area contributed by atoms with Gasteiger partial charge in [0.1, 0.15) is 12.1 Å². The molecule has 0 N–H and O–H groups in total. The van der Waals surface area contributed by atoms with E-state index in [4.69, 9.17) is 9.51 Å². The first kappa shape index (κ1) is 13.8. The number of pyridine rings is 1. The fraction of sp³-hybridized carbons (Fsp3) is 0.556. The topological polar surface area (TPSA) is 42.2 Å². The van der Waals surface area contributed by atoms with Gasteiger partial charge in [-0.3, -0.25) is 0 Å². The Labute approximate surface area is 131 Å². The first-order valence-corrected chi connectivity index (χ1v) is 8.39. The molecule has 3 heterocycles. The highest BCUT2D eigenvalue weighted by atomic mass is 16.5. The number of rotatable bonds is 5. The van der Waals surface area contributed by atoms with Crippen LogP contribution in [0, 0.1) is 5.41 Å². The summed E-state index contributed by atoms with van der Waals surface area (Å²) in [7, 11) is 0. The van der Waals surface area contributed by atoms with E-state index < -0.39 is 0 Å². The molecule has 2 aromatic rings. The lowest BCUT2D eigenvalue weighted by atomic mass is 9.96. The van der Waals surface area contributed by atoms with E-state index in [2.05, 4.69) is 36.0 Å². The lowest BCUT2D eigenvalue weighted by Gasteiger charge is -2.41. The fourth-order valence-corrected chi connectivity index (χ4v) is 3.47. The van der Waals surface area contributed by atoms with Crippen molar-refractivity contribution in [2.45, 2.75) is 46.0 Å². The molecule has 0 aromatic carbocycles. The minimum Gasteiger partial charge on any atom is -0.364 e. The SMILES string of the molecule is CCc1conc1Cc1ccc(N2CC3(CC3)C2)nc1CC. The lowest BCUT2D eigenvalue weighted by molar-refractivity contribution is 0.384. The largest absolute Gasteiger partial charge is 0.364 e. The minimum absolute atomic E-state index is 0.670. The summed E-state index contributed by atoms with van der Waals surface area (Å²) in [5, 5.41) is 4.16. The Morgan fingerprint density at radius 3 is 2.59 bits per heavy atom. The van der Waals surface area contributed by atoms with Crippen molar-refractivity contribution >= 4 is 5.82 Å². The Morgan fingerprint density at radius 2 is 1.91 bits per heavy atom. The summed E-state index contributed by atoms with van der Waals surface area (Å²) in [4.78, 5) is 7.33. The van der Waals surface area contributed by atoms with E-state index in [-0.39, 0.29) is 0 Å². The van der Waals surface area contributed by atoms with Crippen LogP contribution in [-0.4, -0.2) is 23.2 Å². The molecule has 0 amide bonds. The summed E-state index contributed by atoms with van der Waals surface area (Å²) in [5.74, 6) is 1.15. The van der Waals surface area contributed by atoms with Crippen LogP contribution >= 0.6 is 0 Å². The van der Waals surface area contributed by atoms with Crippen molar-refractivity contribution in [3.8, 4) is 0 Å². The molecule has 2 aliphatic rings. The zero-order valence-corrected chi connectivity index (χ0v) is 13.4. The van der Waals surface area contributed by atoms with Gasteiger partial charge >= 0.3 is 0 Å². The summed E-state index contributed by atoms with van der Waals surface area (Å²) in [5.41, 5.74) is 5.39. The van der Waals surface area contributed by atoms with Crippen molar-refractivity contribution in [3.05, 3.63) is 40.9 Å². The third-order valence-electron chi connectivity index (χ3n) is 5.19. The first-order valence-electron chi connectivity index (χ1n) is 8.39. The average Bonchev–Trinajstić information content (AvgIpc) is 3.19. The standard InChI is InChI=1S/C18H23N3O/c1-3-13-10-22-20-16(13)9-14-5-6-17(19-15(14)4-2)21-11-18(12-21)7-8-18/h5-6,10H,3-4,7-9,11-12H2,1-2H3. The Hall–Kier alpha value is -1.84. The van der Waals surface area contributed by atoms with Crippen molar-refractivity contribution in [1.29, 1.82) is 0 Å². The van der Waals surface area contributed by atoms with Crippen LogP contribution in [0.4, 0.5) is 5.82 Å². The molecule has 0 unspecified atom stereocenters. The van der Waals surface area contributed by atoms with Gasteiger partial charge < -0.3 is 9.42 Å². The second-order valence-corrected chi connectivity index (χ2v) is 6.80. The van der Waals surface area contributed by atoms with Gasteiger partial charge in [0.15, 0.2) is 0 Å². The van der Waals surface area contributed by atoms with Crippen molar-refractivity contribution in [2.75, 3.05) is 18.0 Å². The Morgan fingerprint density at radius 1 is 1.09 bits per heavy atom. The highest BCUT2D eigenvalue weighted by molar-refractivity contribution is 5.47. The molecule has 0 bridgehead atoms. The molecule has 1 aliphatic heterocycles. The van der Waals surface area contributed by atoms with E-state index in [1.807, 2.05) is 0 Å². The van der Waals surface area contributed by atoms with Crippen LogP contribution in [0.3, 0.4) is 0 Å². The normalized spacial score (nSPS) is 18.5. The zero-order chi connectivity index (χ0) is 15.2. The molecule has 116 valence electrons. The molecule has 4 rings (SSSR count). The molecule has 1 aliphatic carbocycles. The number of hydrogen-bond acceptors (Lipinski definition) is 4. The van der Waals surface area contributed by atoms with Crippen LogP contribution in [0.25, 0.3) is 0 Å². The fourth-order valence-electron chi connectivity index (χ4n) is 3.47. The van der Waals surface area contributed by atoms with E-state index in [0.717, 1.165) is 30.8 Å². The van der Waals surface area contributed by atoms with Gasteiger partial charge in [-0.2, -0.15) is 0 Å². The number of nitrogens with zero attached hydrogens (tertiary/aromatic N) is 3. The van der Waals surface area contributed by atoms with Gasteiger partial charge in [0.25, 0.3) is 0 Å². The summed E-state index contributed by atoms with van der Waals surface area (Å²) in [6, 6.07) is 4.41. The second kappa shape index (κ2) is 5.11. The van der Waals surface area contributed by atoms with Crippen molar-refractivity contribution < 1.29 is 4.52 Å². The molecule has 2 fully saturated rings. The van der Waals surface area contributed by atoms with Gasteiger partial charge in [0.05, 0.1) is 5.69 Å². The van der Waals surface area contributed by atoms with E-state index in [1.54, 1.807) is 6.26 Å². The summed E-state index contributed by atoms with van der Waals surface area (Å²) < 4.78 is 5.12. The molecule has 2 aromatic heterocycles. The number of hydrogen-bond donors (Lipinski definition) is 0. The molecule has 4 heteroatoms. The maximum atomic E-state index is 5.12. The van der Waals surface area contributed by atoms with Gasteiger partial charge in [-0.1, -0.05) is 25.1 Å². The van der Waals surface area contributed by atoms with Gasteiger partial charge in [-0.05, 0) is 37.3 Å². The molecule has 0 atom stereocenters. The summed E-state index contributed by atoms with van der Waals surface area (Å²) in [6.07, 6.45) is 7.32.